The lowest BCUT2D eigenvalue weighted by Crippen LogP contribution is -2.53. The molecular formula is C15H23N3O5S. The number of nitro groups is 1. The lowest BCUT2D eigenvalue weighted by Gasteiger charge is -2.41. The van der Waals surface area contributed by atoms with Crippen molar-refractivity contribution in [2.75, 3.05) is 44.4 Å². The highest BCUT2D eigenvalue weighted by Crippen LogP contribution is 2.28. The molecule has 1 aromatic rings. The van der Waals surface area contributed by atoms with Gasteiger partial charge in [-0.3, -0.25) is 15.0 Å². The average Bonchev–Trinajstić information content (AvgIpc) is 2.52. The van der Waals surface area contributed by atoms with E-state index in [1.54, 1.807) is 0 Å². The second kappa shape index (κ2) is 7.04. The van der Waals surface area contributed by atoms with Crippen LogP contribution in [0.25, 0.3) is 0 Å². The van der Waals surface area contributed by atoms with Gasteiger partial charge >= 0.3 is 0 Å². The van der Waals surface area contributed by atoms with Crippen molar-refractivity contribution in [2.45, 2.75) is 24.3 Å². The number of ether oxygens (including phenoxy) is 1. The Hall–Kier alpha value is -1.71. The summed E-state index contributed by atoms with van der Waals surface area (Å²) in [5.41, 5.74) is -0.142. The Labute approximate surface area is 141 Å². The molecule has 1 N–H and O–H groups in total. The Morgan fingerprint density at radius 2 is 1.96 bits per heavy atom. The van der Waals surface area contributed by atoms with Crippen molar-refractivity contribution in [1.82, 2.24) is 4.90 Å². The van der Waals surface area contributed by atoms with Gasteiger partial charge in [-0.05, 0) is 26.0 Å². The van der Waals surface area contributed by atoms with E-state index in [-0.39, 0.29) is 16.1 Å². The molecule has 9 heteroatoms. The number of morpholine rings is 1. The Morgan fingerprint density at radius 1 is 1.33 bits per heavy atom. The first-order valence-corrected chi connectivity index (χ1v) is 9.55. The van der Waals surface area contributed by atoms with E-state index in [0.29, 0.717) is 25.4 Å². The molecule has 1 aliphatic rings. The first-order chi connectivity index (χ1) is 11.1. The Kier molecular flexibility index (Phi) is 5.46. The third-order valence-corrected chi connectivity index (χ3v) is 5.28. The fourth-order valence-corrected chi connectivity index (χ4v) is 3.28. The third-order valence-electron chi connectivity index (χ3n) is 4.17. The smallest absolute Gasteiger partial charge is 0.293 e. The van der Waals surface area contributed by atoms with Crippen molar-refractivity contribution in [2.24, 2.45) is 0 Å². The molecule has 0 atom stereocenters. The molecule has 1 aliphatic heterocycles. The summed E-state index contributed by atoms with van der Waals surface area (Å²) >= 11 is 0. The van der Waals surface area contributed by atoms with Gasteiger partial charge in [-0.25, -0.2) is 8.42 Å². The first-order valence-electron chi connectivity index (χ1n) is 7.66. The van der Waals surface area contributed by atoms with Crippen molar-refractivity contribution in [3.63, 3.8) is 0 Å². The van der Waals surface area contributed by atoms with E-state index in [4.69, 9.17) is 4.74 Å². The summed E-state index contributed by atoms with van der Waals surface area (Å²) in [5.74, 6) is 0. The predicted octanol–water partition coefficient (Wildman–Crippen LogP) is 1.52. The van der Waals surface area contributed by atoms with Crippen molar-refractivity contribution in [1.29, 1.82) is 0 Å². The van der Waals surface area contributed by atoms with Gasteiger partial charge in [0.1, 0.15) is 5.69 Å². The zero-order valence-corrected chi connectivity index (χ0v) is 14.9. The van der Waals surface area contributed by atoms with Gasteiger partial charge in [0.15, 0.2) is 9.84 Å². The zero-order valence-electron chi connectivity index (χ0n) is 14.1. The number of hydrogen-bond donors (Lipinski definition) is 1. The molecule has 0 radical (unpaired) electrons. The maximum Gasteiger partial charge on any atom is 0.293 e. The van der Waals surface area contributed by atoms with E-state index in [1.807, 2.05) is 0 Å². The average molecular weight is 357 g/mol. The molecule has 24 heavy (non-hydrogen) atoms. The summed E-state index contributed by atoms with van der Waals surface area (Å²) in [6.07, 6.45) is 1.03. The van der Waals surface area contributed by atoms with Crippen LogP contribution in [-0.2, 0) is 14.6 Å². The van der Waals surface area contributed by atoms with E-state index in [0.717, 1.165) is 25.4 Å². The van der Waals surface area contributed by atoms with Crippen LogP contribution in [0.1, 0.15) is 13.8 Å². The molecule has 2 rings (SSSR count). The van der Waals surface area contributed by atoms with Gasteiger partial charge in [-0.15, -0.1) is 0 Å². The highest BCUT2D eigenvalue weighted by Gasteiger charge is 2.29. The van der Waals surface area contributed by atoms with Crippen molar-refractivity contribution in [3.8, 4) is 0 Å². The summed E-state index contributed by atoms with van der Waals surface area (Å²) in [6.45, 7) is 7.57. The molecule has 0 aliphatic carbocycles. The molecule has 0 amide bonds. The van der Waals surface area contributed by atoms with Crippen LogP contribution >= 0.6 is 0 Å². The van der Waals surface area contributed by atoms with Crippen LogP contribution in [0.2, 0.25) is 0 Å². The number of benzene rings is 1. The monoisotopic (exact) mass is 357 g/mol. The molecule has 1 aromatic carbocycles. The maximum atomic E-state index is 11.6. The van der Waals surface area contributed by atoms with Crippen molar-refractivity contribution < 1.29 is 18.1 Å². The minimum Gasteiger partial charge on any atom is -0.379 e. The van der Waals surface area contributed by atoms with E-state index >= 15 is 0 Å². The molecule has 0 unspecified atom stereocenters. The molecule has 134 valence electrons. The van der Waals surface area contributed by atoms with E-state index in [1.165, 1.54) is 12.1 Å². The largest absolute Gasteiger partial charge is 0.379 e. The van der Waals surface area contributed by atoms with Gasteiger partial charge in [0.25, 0.3) is 5.69 Å². The number of nitrogens with zero attached hydrogens (tertiary/aromatic N) is 2. The van der Waals surface area contributed by atoms with Crippen LogP contribution in [0.15, 0.2) is 23.1 Å². The predicted molar refractivity (Wildman–Crippen MR) is 91.2 cm³/mol. The molecule has 1 saturated heterocycles. The van der Waals surface area contributed by atoms with E-state index in [2.05, 4.69) is 24.1 Å². The van der Waals surface area contributed by atoms with Gasteiger partial charge in [0.2, 0.25) is 0 Å². The minimum atomic E-state index is -3.49. The van der Waals surface area contributed by atoms with Crippen molar-refractivity contribution in [3.05, 3.63) is 28.3 Å². The lowest BCUT2D eigenvalue weighted by atomic mass is 10.0. The molecule has 1 fully saturated rings. The molecule has 8 nitrogen and oxygen atoms in total. The van der Waals surface area contributed by atoms with Gasteiger partial charge in [0, 0.05) is 37.5 Å². The van der Waals surface area contributed by atoms with Crippen LogP contribution in [0.4, 0.5) is 11.4 Å². The molecule has 1 heterocycles. The zero-order chi connectivity index (χ0) is 18.0. The third kappa shape index (κ3) is 4.43. The van der Waals surface area contributed by atoms with E-state index < -0.39 is 14.8 Å². The minimum absolute atomic E-state index is 0.0628. The Morgan fingerprint density at radius 3 is 2.50 bits per heavy atom. The van der Waals surface area contributed by atoms with Crippen LogP contribution in [0.3, 0.4) is 0 Å². The van der Waals surface area contributed by atoms with Crippen LogP contribution in [0, 0.1) is 10.1 Å². The molecule has 0 aromatic heterocycles. The number of nitrogens with one attached hydrogen (secondary N) is 1. The second-order valence-electron chi connectivity index (χ2n) is 6.47. The Bertz CT molecular complexity index is 712. The number of hydrogen-bond acceptors (Lipinski definition) is 7. The second-order valence-corrected chi connectivity index (χ2v) is 8.49. The quantitative estimate of drug-likeness (QED) is 0.608. The lowest BCUT2D eigenvalue weighted by molar-refractivity contribution is -0.384. The van der Waals surface area contributed by atoms with E-state index in [9.17, 15) is 18.5 Å². The normalized spacial score (nSPS) is 16.8. The Balaban J connectivity index is 2.18. The summed E-state index contributed by atoms with van der Waals surface area (Å²) in [7, 11) is -3.49. The first kappa shape index (κ1) is 18.6. The van der Waals surface area contributed by atoms with Crippen LogP contribution in [-0.4, -0.2) is 62.9 Å². The fourth-order valence-electron chi connectivity index (χ4n) is 2.63. The maximum absolute atomic E-state index is 11.6. The van der Waals surface area contributed by atoms with Gasteiger partial charge in [-0.2, -0.15) is 0 Å². The summed E-state index contributed by atoms with van der Waals surface area (Å²) in [4.78, 5) is 12.9. The number of sulfone groups is 1. The highest BCUT2D eigenvalue weighted by atomic mass is 32.2. The number of rotatable bonds is 6. The molecule has 0 bridgehead atoms. The highest BCUT2D eigenvalue weighted by molar-refractivity contribution is 7.90. The number of anilines is 1. The standard InChI is InChI=1S/C15H23N3O5S/c1-15(2,17-6-8-23-9-7-17)11-16-13-5-4-12(24(3,21)22)10-14(13)18(19)20/h4-5,10,16H,6-9,11H2,1-3H3. The van der Waals surface area contributed by atoms with Gasteiger partial charge < -0.3 is 10.1 Å². The molecule has 0 spiro atoms. The fraction of sp³-hybridized carbons (Fsp3) is 0.600. The topological polar surface area (TPSA) is 102 Å². The van der Waals surface area contributed by atoms with Gasteiger partial charge in [-0.1, -0.05) is 0 Å². The molecule has 0 saturated carbocycles. The summed E-state index contributed by atoms with van der Waals surface area (Å²) in [5, 5.41) is 14.4. The number of nitro benzene ring substituents is 1. The van der Waals surface area contributed by atoms with Crippen LogP contribution < -0.4 is 5.32 Å². The summed E-state index contributed by atoms with van der Waals surface area (Å²) < 4.78 is 28.5. The van der Waals surface area contributed by atoms with Gasteiger partial charge in [0.05, 0.1) is 23.0 Å². The molecular weight excluding hydrogens is 334 g/mol. The van der Waals surface area contributed by atoms with Crippen LogP contribution in [0.5, 0.6) is 0 Å². The SMILES string of the molecule is CC(C)(CNc1ccc(S(C)(=O)=O)cc1[N+](=O)[O-])N1CCOCC1. The van der Waals surface area contributed by atoms with Crippen molar-refractivity contribution >= 4 is 21.2 Å². The summed E-state index contributed by atoms with van der Waals surface area (Å²) in [6, 6.07) is 3.93.